The van der Waals surface area contributed by atoms with E-state index in [4.69, 9.17) is 16.2 Å². The van der Waals surface area contributed by atoms with Crippen molar-refractivity contribution in [2.75, 3.05) is 24.6 Å². The van der Waals surface area contributed by atoms with Gasteiger partial charge in [-0.15, -0.1) is 5.10 Å². The van der Waals surface area contributed by atoms with Crippen LogP contribution in [0.1, 0.15) is 6.42 Å². The molecule has 5 N–H and O–H groups in total. The predicted molar refractivity (Wildman–Crippen MR) is 76.4 cm³/mol. The van der Waals surface area contributed by atoms with Gasteiger partial charge in [-0.05, 0) is 25.1 Å². The zero-order valence-electron chi connectivity index (χ0n) is 11.0. The molecule has 1 heterocycles. The lowest BCUT2D eigenvalue weighted by molar-refractivity contribution is 0.447. The monoisotopic (exact) mass is 261 g/mol. The lowest BCUT2D eigenvalue weighted by atomic mass is 10.3. The third-order valence-electron chi connectivity index (χ3n) is 2.74. The molecule has 102 valence electrons. The van der Waals surface area contributed by atoms with Crippen molar-refractivity contribution in [2.24, 2.45) is 5.73 Å². The van der Waals surface area contributed by atoms with E-state index in [1.807, 2.05) is 30.3 Å². The number of benzene rings is 1. The minimum atomic E-state index is 0.475. The summed E-state index contributed by atoms with van der Waals surface area (Å²) in [5.41, 5.74) is 12.2. The van der Waals surface area contributed by atoms with Crippen LogP contribution in [0.4, 0.5) is 11.5 Å². The summed E-state index contributed by atoms with van der Waals surface area (Å²) in [4.78, 5) is 0. The number of ether oxygens (including phenoxy) is 1. The SMILES string of the molecule is CNc1c(Oc2ccccc2)nn(CCCN)c1N. The molecule has 0 radical (unpaired) electrons. The van der Waals surface area contributed by atoms with Crippen LogP contribution in [0.3, 0.4) is 0 Å². The highest BCUT2D eigenvalue weighted by molar-refractivity contribution is 5.69. The molecule has 0 aliphatic rings. The van der Waals surface area contributed by atoms with Crippen molar-refractivity contribution in [2.45, 2.75) is 13.0 Å². The fourth-order valence-electron chi connectivity index (χ4n) is 1.77. The Kier molecular flexibility index (Phi) is 4.25. The minimum Gasteiger partial charge on any atom is -0.436 e. The molecule has 0 bridgehead atoms. The number of para-hydroxylation sites is 1. The Morgan fingerprint density at radius 3 is 2.68 bits per heavy atom. The Balaban J connectivity index is 2.24. The van der Waals surface area contributed by atoms with E-state index in [1.54, 1.807) is 11.7 Å². The van der Waals surface area contributed by atoms with Crippen LogP contribution in [0, 0.1) is 0 Å². The molecule has 0 aliphatic carbocycles. The summed E-state index contributed by atoms with van der Waals surface area (Å²) >= 11 is 0. The molecule has 0 saturated heterocycles. The summed E-state index contributed by atoms with van der Waals surface area (Å²) in [5.74, 6) is 1.76. The van der Waals surface area contributed by atoms with Gasteiger partial charge in [0.2, 0.25) is 0 Å². The maximum atomic E-state index is 6.03. The number of nitrogens with one attached hydrogen (secondary N) is 1. The van der Waals surface area contributed by atoms with Crippen molar-refractivity contribution in [1.82, 2.24) is 9.78 Å². The highest BCUT2D eigenvalue weighted by Gasteiger charge is 2.16. The third kappa shape index (κ3) is 2.97. The van der Waals surface area contributed by atoms with E-state index in [-0.39, 0.29) is 0 Å². The fourth-order valence-corrected chi connectivity index (χ4v) is 1.77. The predicted octanol–water partition coefficient (Wildman–Crippen LogP) is 1.65. The molecule has 0 amide bonds. The first-order valence-corrected chi connectivity index (χ1v) is 6.23. The zero-order valence-corrected chi connectivity index (χ0v) is 11.0. The Morgan fingerprint density at radius 1 is 1.32 bits per heavy atom. The molecule has 0 aliphatic heterocycles. The second-order valence-corrected chi connectivity index (χ2v) is 4.10. The van der Waals surface area contributed by atoms with Gasteiger partial charge in [-0.1, -0.05) is 18.2 Å². The number of nitrogens with zero attached hydrogens (tertiary/aromatic N) is 2. The van der Waals surface area contributed by atoms with Crippen LogP contribution in [0.5, 0.6) is 11.6 Å². The van der Waals surface area contributed by atoms with Gasteiger partial charge in [0.05, 0.1) is 0 Å². The Hall–Kier alpha value is -2.21. The summed E-state index contributed by atoms with van der Waals surface area (Å²) < 4.78 is 7.44. The molecule has 6 nitrogen and oxygen atoms in total. The second kappa shape index (κ2) is 6.10. The van der Waals surface area contributed by atoms with Gasteiger partial charge in [-0.25, -0.2) is 4.68 Å². The molecule has 0 saturated carbocycles. The molecule has 0 atom stereocenters. The summed E-state index contributed by atoms with van der Waals surface area (Å²) in [6.07, 6.45) is 0.819. The van der Waals surface area contributed by atoms with E-state index in [1.165, 1.54) is 0 Å². The van der Waals surface area contributed by atoms with Gasteiger partial charge in [0.1, 0.15) is 17.3 Å². The fraction of sp³-hybridized carbons (Fsp3) is 0.308. The third-order valence-corrected chi connectivity index (χ3v) is 2.74. The molecule has 0 fully saturated rings. The average molecular weight is 261 g/mol. The topological polar surface area (TPSA) is 91.1 Å². The summed E-state index contributed by atoms with van der Waals surface area (Å²) in [7, 11) is 1.79. The van der Waals surface area contributed by atoms with Gasteiger partial charge in [0.15, 0.2) is 0 Å². The molecule has 2 aromatic rings. The molecule has 1 aromatic carbocycles. The summed E-state index contributed by atoms with van der Waals surface area (Å²) in [6, 6.07) is 9.48. The van der Waals surface area contributed by atoms with Crippen molar-refractivity contribution in [1.29, 1.82) is 0 Å². The number of aromatic nitrogens is 2. The van der Waals surface area contributed by atoms with Gasteiger partial charge < -0.3 is 21.5 Å². The van der Waals surface area contributed by atoms with Gasteiger partial charge in [0, 0.05) is 13.6 Å². The van der Waals surface area contributed by atoms with Crippen LogP contribution in [-0.2, 0) is 6.54 Å². The molecule has 0 unspecified atom stereocenters. The highest BCUT2D eigenvalue weighted by atomic mass is 16.5. The van der Waals surface area contributed by atoms with Crippen LogP contribution in [-0.4, -0.2) is 23.4 Å². The highest BCUT2D eigenvalue weighted by Crippen LogP contribution is 2.33. The number of rotatable bonds is 6. The van der Waals surface area contributed by atoms with Crippen molar-refractivity contribution in [3.63, 3.8) is 0 Å². The van der Waals surface area contributed by atoms with E-state index in [2.05, 4.69) is 10.4 Å². The molecular weight excluding hydrogens is 242 g/mol. The maximum absolute atomic E-state index is 6.03. The van der Waals surface area contributed by atoms with Gasteiger partial charge >= 0.3 is 0 Å². The van der Waals surface area contributed by atoms with Gasteiger partial charge in [-0.3, -0.25) is 0 Å². The smallest absolute Gasteiger partial charge is 0.264 e. The van der Waals surface area contributed by atoms with Crippen LogP contribution in [0.2, 0.25) is 0 Å². The normalized spacial score (nSPS) is 10.4. The van der Waals surface area contributed by atoms with Crippen LogP contribution in [0.25, 0.3) is 0 Å². The Morgan fingerprint density at radius 2 is 2.05 bits per heavy atom. The second-order valence-electron chi connectivity index (χ2n) is 4.10. The van der Waals surface area contributed by atoms with Crippen molar-refractivity contribution in [3.05, 3.63) is 30.3 Å². The first kappa shape index (κ1) is 13.2. The zero-order chi connectivity index (χ0) is 13.7. The maximum Gasteiger partial charge on any atom is 0.264 e. The first-order valence-electron chi connectivity index (χ1n) is 6.23. The summed E-state index contributed by atoms with van der Waals surface area (Å²) in [6.45, 7) is 1.28. The quantitative estimate of drug-likeness (QED) is 0.735. The van der Waals surface area contributed by atoms with Crippen LogP contribution >= 0.6 is 0 Å². The van der Waals surface area contributed by atoms with Crippen LogP contribution in [0.15, 0.2) is 30.3 Å². The lowest BCUT2D eigenvalue weighted by Gasteiger charge is -2.04. The number of nitrogens with two attached hydrogens (primary N) is 2. The molecular formula is C13H19N5O. The van der Waals surface area contributed by atoms with Crippen molar-refractivity contribution in [3.8, 4) is 11.6 Å². The average Bonchev–Trinajstić information content (AvgIpc) is 2.73. The number of hydrogen-bond acceptors (Lipinski definition) is 5. The standard InChI is InChI=1S/C13H19N5O/c1-16-11-12(15)18(9-5-8-14)17-13(11)19-10-6-3-2-4-7-10/h2-4,6-7,16H,5,8-9,14-15H2,1H3. The van der Waals surface area contributed by atoms with Gasteiger partial charge in [0.25, 0.3) is 5.88 Å². The van der Waals surface area contributed by atoms with E-state index in [0.717, 1.165) is 12.2 Å². The van der Waals surface area contributed by atoms with E-state index >= 15 is 0 Å². The van der Waals surface area contributed by atoms with E-state index in [0.29, 0.717) is 30.5 Å². The molecule has 2 rings (SSSR count). The molecule has 19 heavy (non-hydrogen) atoms. The number of aryl methyl sites for hydroxylation is 1. The molecule has 6 heteroatoms. The van der Waals surface area contributed by atoms with Gasteiger partial charge in [-0.2, -0.15) is 0 Å². The largest absolute Gasteiger partial charge is 0.436 e. The van der Waals surface area contributed by atoms with E-state index < -0.39 is 0 Å². The molecule has 0 spiro atoms. The van der Waals surface area contributed by atoms with Crippen molar-refractivity contribution < 1.29 is 4.74 Å². The minimum absolute atomic E-state index is 0.475. The first-order chi connectivity index (χ1) is 9.26. The number of nitrogen functional groups attached to an aromatic ring is 1. The number of anilines is 2. The van der Waals surface area contributed by atoms with Crippen LogP contribution < -0.4 is 21.5 Å². The Labute approximate surface area is 112 Å². The van der Waals surface area contributed by atoms with Crippen molar-refractivity contribution >= 4 is 11.5 Å². The molecule has 1 aromatic heterocycles. The lowest BCUT2D eigenvalue weighted by Crippen LogP contribution is -2.09. The Bertz CT molecular complexity index is 523. The summed E-state index contributed by atoms with van der Waals surface area (Å²) in [5, 5.41) is 7.38. The van der Waals surface area contributed by atoms with E-state index in [9.17, 15) is 0 Å². The number of hydrogen-bond donors (Lipinski definition) is 3.